The van der Waals surface area contributed by atoms with E-state index in [0.29, 0.717) is 30.8 Å². The summed E-state index contributed by atoms with van der Waals surface area (Å²) >= 11 is 0. The van der Waals surface area contributed by atoms with Gasteiger partial charge in [0, 0.05) is 82.1 Å². The summed E-state index contributed by atoms with van der Waals surface area (Å²) in [5.41, 5.74) is 0. The molecule has 1 unspecified atom stereocenters. The highest BCUT2D eigenvalue weighted by molar-refractivity contribution is 6.02. The van der Waals surface area contributed by atoms with E-state index in [-0.39, 0.29) is 31.2 Å². The Morgan fingerprint density at radius 3 is 1.80 bits per heavy atom. The van der Waals surface area contributed by atoms with Crippen LogP contribution in [0.3, 0.4) is 0 Å². The Bertz CT molecular complexity index is 1260. The van der Waals surface area contributed by atoms with Crippen LogP contribution in [-0.4, -0.2) is 122 Å². The maximum atomic E-state index is 12.4. The van der Waals surface area contributed by atoms with Gasteiger partial charge in [0.2, 0.25) is 11.8 Å². The number of allylic oxidation sites excluding steroid dienone is 1. The number of rotatable bonds is 16. The molecule has 16 nitrogen and oxygen atoms in total. The van der Waals surface area contributed by atoms with E-state index >= 15 is 0 Å². The van der Waals surface area contributed by atoms with E-state index in [4.69, 9.17) is 25.2 Å². The molecule has 3 rings (SSSR count). The lowest BCUT2D eigenvalue weighted by Gasteiger charge is -2.37. The third-order valence-electron chi connectivity index (χ3n) is 6.85. The Labute approximate surface area is 284 Å². The second-order valence-electron chi connectivity index (χ2n) is 10.7. The van der Waals surface area contributed by atoms with Crippen molar-refractivity contribution in [2.24, 2.45) is 0 Å². The minimum absolute atomic E-state index is 0.119. The van der Waals surface area contributed by atoms with Crippen molar-refractivity contribution in [2.45, 2.75) is 58.0 Å². The van der Waals surface area contributed by atoms with Gasteiger partial charge in [-0.05, 0) is 25.0 Å². The molecule has 3 heterocycles. The van der Waals surface area contributed by atoms with Crippen LogP contribution in [0.25, 0.3) is 0 Å². The Balaban J connectivity index is 0.000000620. The van der Waals surface area contributed by atoms with Crippen LogP contribution in [0.5, 0.6) is 0 Å². The molecule has 1 atom stereocenters. The molecule has 0 saturated carbocycles. The molecule has 4 N–H and O–H groups in total. The first kappa shape index (κ1) is 41.6. The fourth-order valence-corrected chi connectivity index (χ4v) is 4.51. The van der Waals surface area contributed by atoms with Crippen molar-refractivity contribution < 1.29 is 58.7 Å². The first-order chi connectivity index (χ1) is 23.3. The Morgan fingerprint density at radius 1 is 0.776 bits per heavy atom. The molecule has 2 aliphatic heterocycles. The number of hydrogen-bond donors (Lipinski definition) is 4. The number of aliphatic carboxylic acids is 4. The SMILES string of the molecule is CCCCCC/C=C/C(=O)OC(CN1CCN(c2ccccn2)CC1)CN1C(=O)CCC1=O.O=C(O)/C=C\C(=O)O.O=C(O)/C=C\C(=O)O. The van der Waals surface area contributed by atoms with Gasteiger partial charge in [-0.2, -0.15) is 0 Å². The number of carbonyl (C=O) groups excluding carboxylic acids is 3. The van der Waals surface area contributed by atoms with Crippen LogP contribution in [0.15, 0.2) is 60.9 Å². The molecule has 1 aromatic rings. The number of pyridine rings is 1. The molecule has 0 bridgehead atoms. The first-order valence-corrected chi connectivity index (χ1v) is 15.7. The number of carboxylic acids is 4. The summed E-state index contributed by atoms with van der Waals surface area (Å²) < 4.78 is 5.71. The molecule has 2 fully saturated rings. The molecular formula is C33H44N4O12. The zero-order valence-electron chi connectivity index (χ0n) is 27.4. The third kappa shape index (κ3) is 19.8. The molecule has 16 heteroatoms. The molecule has 0 radical (unpaired) electrons. The quantitative estimate of drug-likeness (QED) is 0.0844. The second-order valence-corrected chi connectivity index (χ2v) is 10.7. The van der Waals surface area contributed by atoms with Gasteiger partial charge in [0.05, 0.1) is 6.54 Å². The molecule has 0 spiro atoms. The number of carbonyl (C=O) groups is 7. The van der Waals surface area contributed by atoms with Gasteiger partial charge >= 0.3 is 29.8 Å². The topological polar surface area (TPSA) is 232 Å². The second kappa shape index (κ2) is 23.9. The monoisotopic (exact) mass is 688 g/mol. The maximum Gasteiger partial charge on any atom is 0.330 e. The van der Waals surface area contributed by atoms with Gasteiger partial charge in [0.25, 0.3) is 0 Å². The number of likely N-dealkylation sites (tertiary alicyclic amines) is 1. The summed E-state index contributed by atoms with van der Waals surface area (Å²) in [5, 5.41) is 31.2. The number of unbranched alkanes of at least 4 members (excludes halogenated alkanes) is 4. The van der Waals surface area contributed by atoms with E-state index in [1.165, 1.54) is 23.8 Å². The summed E-state index contributed by atoms with van der Waals surface area (Å²) in [6.07, 6.45) is 12.7. The van der Waals surface area contributed by atoms with E-state index in [1.54, 1.807) is 6.20 Å². The average Bonchev–Trinajstić information content (AvgIpc) is 3.38. The Morgan fingerprint density at radius 2 is 1.33 bits per heavy atom. The van der Waals surface area contributed by atoms with E-state index < -0.39 is 36.0 Å². The number of hydrogen-bond acceptors (Lipinski definition) is 11. The number of anilines is 1. The van der Waals surface area contributed by atoms with Crippen molar-refractivity contribution in [2.75, 3.05) is 44.2 Å². The number of carboxylic acid groups (broad SMARTS) is 4. The van der Waals surface area contributed by atoms with Crippen LogP contribution in [0.1, 0.15) is 51.9 Å². The van der Waals surface area contributed by atoms with Crippen molar-refractivity contribution in [3.8, 4) is 0 Å². The summed E-state index contributed by atoms with van der Waals surface area (Å²) in [6, 6.07) is 5.88. The molecule has 0 aromatic carbocycles. The number of ether oxygens (including phenoxy) is 1. The first-order valence-electron chi connectivity index (χ1n) is 15.7. The summed E-state index contributed by atoms with van der Waals surface area (Å²) in [6.45, 7) is 5.99. The number of esters is 1. The summed E-state index contributed by atoms with van der Waals surface area (Å²) in [5.74, 6) is -4.86. The highest BCUT2D eigenvalue weighted by Gasteiger charge is 2.33. The molecule has 0 aliphatic carbocycles. The largest absolute Gasteiger partial charge is 0.478 e. The van der Waals surface area contributed by atoms with Gasteiger partial charge in [0.1, 0.15) is 11.9 Å². The lowest BCUT2D eigenvalue weighted by atomic mass is 10.1. The van der Waals surface area contributed by atoms with Crippen molar-refractivity contribution in [1.29, 1.82) is 0 Å². The van der Waals surface area contributed by atoms with Gasteiger partial charge in [-0.1, -0.05) is 38.3 Å². The molecule has 2 aliphatic rings. The predicted octanol–water partition coefficient (Wildman–Crippen LogP) is 2.21. The minimum atomic E-state index is -1.26. The number of aromatic nitrogens is 1. The molecule has 268 valence electrons. The van der Waals surface area contributed by atoms with Gasteiger partial charge in [-0.25, -0.2) is 29.0 Å². The van der Waals surface area contributed by atoms with E-state index in [0.717, 1.165) is 51.3 Å². The number of imide groups is 1. The summed E-state index contributed by atoms with van der Waals surface area (Å²) in [7, 11) is 0. The Hall–Kier alpha value is -5.38. The van der Waals surface area contributed by atoms with E-state index in [9.17, 15) is 33.6 Å². The van der Waals surface area contributed by atoms with Crippen LogP contribution >= 0.6 is 0 Å². The predicted molar refractivity (Wildman–Crippen MR) is 175 cm³/mol. The highest BCUT2D eigenvalue weighted by atomic mass is 16.5. The van der Waals surface area contributed by atoms with E-state index in [1.807, 2.05) is 24.3 Å². The fourth-order valence-electron chi connectivity index (χ4n) is 4.51. The van der Waals surface area contributed by atoms with Gasteiger partial charge in [-0.3, -0.25) is 19.4 Å². The zero-order chi connectivity index (χ0) is 36.6. The van der Waals surface area contributed by atoms with E-state index in [2.05, 4.69) is 21.7 Å². The van der Waals surface area contributed by atoms with Crippen molar-refractivity contribution in [3.05, 3.63) is 60.9 Å². The average molecular weight is 689 g/mol. The standard InChI is InChI=1S/C25H36N4O4.2C4H4O4/c1-2-3-4-5-6-7-11-25(32)33-21(20-29-23(30)12-13-24(29)31)19-27-15-17-28(18-16-27)22-10-8-9-14-26-22;2*5-3(6)1-2-4(7)8/h7-11,14,21H,2-6,12-13,15-20H2,1H3;2*1-2H,(H,5,6)(H,7,8)/b11-7+;2*2-1-. The fraction of sp³-hybridized carbons (Fsp3) is 0.455. The lowest BCUT2D eigenvalue weighted by molar-refractivity contribution is -0.150. The minimum Gasteiger partial charge on any atom is -0.478 e. The molecule has 1 aromatic heterocycles. The molecular weight excluding hydrogens is 644 g/mol. The number of amides is 2. The van der Waals surface area contributed by atoms with Crippen molar-refractivity contribution in [1.82, 2.24) is 14.8 Å². The van der Waals surface area contributed by atoms with Crippen LogP contribution in [0.4, 0.5) is 5.82 Å². The molecule has 49 heavy (non-hydrogen) atoms. The number of piperazine rings is 1. The van der Waals surface area contributed by atoms with Gasteiger partial charge < -0.3 is 30.1 Å². The zero-order valence-corrected chi connectivity index (χ0v) is 27.4. The molecule has 2 amide bonds. The number of nitrogens with zero attached hydrogens (tertiary/aromatic N) is 4. The maximum absolute atomic E-state index is 12.4. The van der Waals surface area contributed by atoms with Gasteiger partial charge in [-0.15, -0.1) is 0 Å². The normalized spacial score (nSPS) is 15.4. The van der Waals surface area contributed by atoms with Crippen molar-refractivity contribution in [3.63, 3.8) is 0 Å². The summed E-state index contributed by atoms with van der Waals surface area (Å²) in [4.78, 5) is 85.0. The lowest BCUT2D eigenvalue weighted by Crippen LogP contribution is -2.51. The third-order valence-corrected chi connectivity index (χ3v) is 6.85. The van der Waals surface area contributed by atoms with Gasteiger partial charge in [0.15, 0.2) is 0 Å². The van der Waals surface area contributed by atoms with Crippen LogP contribution in [0, 0.1) is 0 Å². The highest BCUT2D eigenvalue weighted by Crippen LogP contribution is 2.16. The Kier molecular flexibility index (Phi) is 20.3. The molecule has 2 saturated heterocycles. The van der Waals surface area contributed by atoms with Crippen LogP contribution < -0.4 is 4.90 Å². The van der Waals surface area contributed by atoms with Crippen molar-refractivity contribution >= 4 is 47.5 Å². The van der Waals surface area contributed by atoms with Crippen LogP contribution in [-0.2, 0) is 38.3 Å². The van der Waals surface area contributed by atoms with Crippen LogP contribution in [0.2, 0.25) is 0 Å². The smallest absolute Gasteiger partial charge is 0.330 e.